The van der Waals surface area contributed by atoms with E-state index in [9.17, 15) is 13.2 Å². The molecule has 4 rings (SSSR count). The van der Waals surface area contributed by atoms with Gasteiger partial charge in [-0.1, -0.05) is 11.6 Å². The first-order chi connectivity index (χ1) is 13.8. The second-order valence-electron chi connectivity index (χ2n) is 7.75. The number of halogens is 1. The molecule has 0 bridgehead atoms. The van der Waals surface area contributed by atoms with Crippen LogP contribution in [-0.4, -0.2) is 56.8 Å². The Bertz CT molecular complexity index is 990. The van der Waals surface area contributed by atoms with E-state index in [1.165, 1.54) is 0 Å². The van der Waals surface area contributed by atoms with Gasteiger partial charge in [-0.05, 0) is 61.4 Å². The van der Waals surface area contributed by atoms with E-state index in [4.69, 9.17) is 16.3 Å². The summed E-state index contributed by atoms with van der Waals surface area (Å²) in [6.45, 7) is 2.28. The molecule has 2 aliphatic heterocycles. The van der Waals surface area contributed by atoms with Crippen molar-refractivity contribution in [3.05, 3.63) is 59.1 Å². The number of carbonyl (C=O) groups excluding carboxylic acids is 1. The van der Waals surface area contributed by atoms with Crippen LogP contribution in [0.3, 0.4) is 0 Å². The Labute approximate surface area is 176 Å². The number of methoxy groups -OCH3 is 1. The molecule has 0 aromatic heterocycles. The molecule has 6 nitrogen and oxygen atoms in total. The lowest BCUT2D eigenvalue weighted by atomic mass is 9.72. The van der Waals surface area contributed by atoms with Crippen LogP contribution in [0.2, 0.25) is 5.02 Å². The highest BCUT2D eigenvalue weighted by molar-refractivity contribution is 7.89. The number of hydrogen-bond donors (Lipinski definition) is 0. The van der Waals surface area contributed by atoms with Crippen molar-refractivity contribution in [1.29, 1.82) is 0 Å². The second-order valence-corrected chi connectivity index (χ2v) is 10.1. The molecule has 1 spiro atoms. The van der Waals surface area contributed by atoms with Crippen LogP contribution >= 0.6 is 11.6 Å². The number of rotatable bonds is 4. The summed E-state index contributed by atoms with van der Waals surface area (Å²) in [6, 6.07) is 13.4. The van der Waals surface area contributed by atoms with E-state index in [0.29, 0.717) is 42.5 Å². The van der Waals surface area contributed by atoms with Crippen molar-refractivity contribution in [2.45, 2.75) is 17.7 Å². The average molecular weight is 435 g/mol. The number of piperidine rings is 1. The Morgan fingerprint density at radius 2 is 1.59 bits per heavy atom. The van der Waals surface area contributed by atoms with Gasteiger partial charge in [-0.25, -0.2) is 8.42 Å². The van der Waals surface area contributed by atoms with Gasteiger partial charge < -0.3 is 9.64 Å². The molecule has 0 N–H and O–H groups in total. The Morgan fingerprint density at radius 3 is 2.14 bits per heavy atom. The predicted molar refractivity (Wildman–Crippen MR) is 111 cm³/mol. The van der Waals surface area contributed by atoms with E-state index in [2.05, 4.69) is 0 Å². The van der Waals surface area contributed by atoms with Gasteiger partial charge in [0.05, 0.1) is 12.0 Å². The second kappa shape index (κ2) is 7.63. The Kier molecular flexibility index (Phi) is 5.31. The topological polar surface area (TPSA) is 66.9 Å². The Balaban J connectivity index is 1.36. The fourth-order valence-corrected chi connectivity index (χ4v) is 5.66. The zero-order valence-electron chi connectivity index (χ0n) is 16.2. The van der Waals surface area contributed by atoms with Crippen LogP contribution in [0.25, 0.3) is 0 Å². The standard InChI is InChI=1S/C21H23ClN2O4S/c1-28-18-6-8-19(9-7-18)29(26,27)24-12-10-21(11-13-24)14-23(15-21)20(25)16-2-4-17(22)5-3-16/h2-9H,10-15H2,1H3. The van der Waals surface area contributed by atoms with Crippen LogP contribution in [0.4, 0.5) is 0 Å². The molecule has 2 aliphatic rings. The van der Waals surface area contributed by atoms with Gasteiger partial charge in [0.25, 0.3) is 5.91 Å². The molecular weight excluding hydrogens is 412 g/mol. The lowest BCUT2D eigenvalue weighted by Crippen LogP contribution is -2.62. The molecule has 2 heterocycles. The number of nitrogens with zero attached hydrogens (tertiary/aromatic N) is 2. The van der Waals surface area contributed by atoms with Gasteiger partial charge >= 0.3 is 0 Å². The van der Waals surface area contributed by atoms with Crippen molar-refractivity contribution in [2.75, 3.05) is 33.3 Å². The van der Waals surface area contributed by atoms with Crippen LogP contribution < -0.4 is 4.74 Å². The van der Waals surface area contributed by atoms with Crippen LogP contribution in [0, 0.1) is 5.41 Å². The molecule has 29 heavy (non-hydrogen) atoms. The maximum Gasteiger partial charge on any atom is 0.253 e. The van der Waals surface area contributed by atoms with Gasteiger partial charge in [0.2, 0.25) is 10.0 Å². The first-order valence-electron chi connectivity index (χ1n) is 9.52. The summed E-state index contributed by atoms with van der Waals surface area (Å²) in [5.74, 6) is 0.627. The minimum atomic E-state index is -3.51. The summed E-state index contributed by atoms with van der Waals surface area (Å²) in [7, 11) is -1.96. The van der Waals surface area contributed by atoms with Crippen molar-refractivity contribution in [3.8, 4) is 5.75 Å². The molecule has 2 saturated heterocycles. The van der Waals surface area contributed by atoms with E-state index in [1.807, 2.05) is 4.90 Å². The Morgan fingerprint density at radius 1 is 1.00 bits per heavy atom. The summed E-state index contributed by atoms with van der Waals surface area (Å²) < 4.78 is 32.4. The summed E-state index contributed by atoms with van der Waals surface area (Å²) in [5.41, 5.74) is 0.650. The van der Waals surface area contributed by atoms with Crippen LogP contribution in [0.15, 0.2) is 53.4 Å². The highest BCUT2D eigenvalue weighted by Crippen LogP contribution is 2.42. The number of ether oxygens (including phenoxy) is 1. The van der Waals surface area contributed by atoms with Crippen molar-refractivity contribution in [1.82, 2.24) is 9.21 Å². The molecule has 0 saturated carbocycles. The monoisotopic (exact) mass is 434 g/mol. The highest BCUT2D eigenvalue weighted by atomic mass is 35.5. The summed E-state index contributed by atoms with van der Waals surface area (Å²) in [6.07, 6.45) is 1.51. The summed E-state index contributed by atoms with van der Waals surface area (Å²) in [5, 5.41) is 0.604. The predicted octanol–water partition coefficient (Wildman–Crippen LogP) is 3.28. The van der Waals surface area contributed by atoms with Gasteiger partial charge in [-0.15, -0.1) is 0 Å². The summed E-state index contributed by atoms with van der Waals surface area (Å²) >= 11 is 5.89. The highest BCUT2D eigenvalue weighted by Gasteiger charge is 2.48. The molecule has 2 fully saturated rings. The molecule has 8 heteroatoms. The fraction of sp³-hybridized carbons (Fsp3) is 0.381. The first-order valence-corrected chi connectivity index (χ1v) is 11.3. The zero-order chi connectivity index (χ0) is 20.6. The number of hydrogen-bond acceptors (Lipinski definition) is 4. The van der Waals surface area contributed by atoms with Crippen molar-refractivity contribution in [2.24, 2.45) is 5.41 Å². The third-order valence-corrected chi connectivity index (χ3v) is 8.08. The molecule has 0 unspecified atom stereocenters. The molecule has 154 valence electrons. The number of benzene rings is 2. The van der Waals surface area contributed by atoms with Crippen LogP contribution in [0.1, 0.15) is 23.2 Å². The normalized spacial score (nSPS) is 19.0. The molecule has 0 radical (unpaired) electrons. The third kappa shape index (κ3) is 3.86. The largest absolute Gasteiger partial charge is 0.497 e. The quantitative estimate of drug-likeness (QED) is 0.740. The summed E-state index contributed by atoms with van der Waals surface area (Å²) in [4.78, 5) is 14.7. The number of sulfonamides is 1. The average Bonchev–Trinajstić information content (AvgIpc) is 2.72. The SMILES string of the molecule is COc1ccc(S(=O)(=O)N2CCC3(CC2)CN(C(=O)c2ccc(Cl)cc2)C3)cc1. The third-order valence-electron chi connectivity index (χ3n) is 5.91. The number of carbonyl (C=O) groups is 1. The number of amides is 1. The van der Waals surface area contributed by atoms with Crippen LogP contribution in [-0.2, 0) is 10.0 Å². The minimum absolute atomic E-state index is 0.000533. The molecule has 2 aromatic rings. The Hall–Kier alpha value is -2.09. The van der Waals surface area contributed by atoms with E-state index in [1.54, 1.807) is 59.9 Å². The minimum Gasteiger partial charge on any atom is -0.497 e. The fourth-order valence-electron chi connectivity index (χ4n) is 4.10. The molecule has 1 amide bonds. The van der Waals surface area contributed by atoms with Gasteiger partial charge in [0, 0.05) is 42.2 Å². The maximum atomic E-state index is 12.9. The van der Waals surface area contributed by atoms with Crippen LogP contribution in [0.5, 0.6) is 5.75 Å². The zero-order valence-corrected chi connectivity index (χ0v) is 17.7. The molecule has 2 aromatic carbocycles. The maximum absolute atomic E-state index is 12.9. The van der Waals surface area contributed by atoms with E-state index in [0.717, 1.165) is 12.8 Å². The lowest BCUT2D eigenvalue weighted by molar-refractivity contribution is -0.0212. The molecule has 0 aliphatic carbocycles. The van der Waals surface area contributed by atoms with E-state index >= 15 is 0 Å². The lowest BCUT2D eigenvalue weighted by Gasteiger charge is -2.53. The molecule has 0 atom stereocenters. The van der Waals surface area contributed by atoms with Crippen molar-refractivity contribution >= 4 is 27.5 Å². The first kappa shape index (κ1) is 20.2. The van der Waals surface area contributed by atoms with Crippen molar-refractivity contribution < 1.29 is 17.9 Å². The van der Waals surface area contributed by atoms with E-state index in [-0.39, 0.29) is 16.2 Å². The molecular formula is C21H23ClN2O4S. The van der Waals surface area contributed by atoms with Gasteiger partial charge in [0.15, 0.2) is 0 Å². The van der Waals surface area contributed by atoms with Gasteiger partial charge in [0.1, 0.15) is 5.75 Å². The smallest absolute Gasteiger partial charge is 0.253 e. The van der Waals surface area contributed by atoms with Gasteiger partial charge in [-0.3, -0.25) is 4.79 Å². The van der Waals surface area contributed by atoms with E-state index < -0.39 is 10.0 Å². The number of likely N-dealkylation sites (tertiary alicyclic amines) is 1. The van der Waals surface area contributed by atoms with Gasteiger partial charge in [-0.2, -0.15) is 4.31 Å². The van der Waals surface area contributed by atoms with Crippen molar-refractivity contribution in [3.63, 3.8) is 0 Å².